The van der Waals surface area contributed by atoms with Gasteiger partial charge in [0.25, 0.3) is 0 Å². The predicted molar refractivity (Wildman–Crippen MR) is 63.6 cm³/mol. The monoisotopic (exact) mass is 226 g/mol. The summed E-state index contributed by atoms with van der Waals surface area (Å²) in [5, 5.41) is 0.727. The van der Waals surface area contributed by atoms with E-state index in [1.165, 1.54) is 11.8 Å². The minimum atomic E-state index is 0.0624. The quantitative estimate of drug-likeness (QED) is 0.733. The van der Waals surface area contributed by atoms with Crippen molar-refractivity contribution >= 4 is 34.6 Å². The third-order valence-corrected chi connectivity index (χ3v) is 2.64. The third-order valence-electron chi connectivity index (χ3n) is 1.59. The Balaban J connectivity index is 2.69. The molecule has 0 heterocycles. The maximum Gasteiger partial charge on any atom is 0.212 e. The van der Waals surface area contributed by atoms with E-state index in [0.717, 1.165) is 11.3 Å². The van der Waals surface area contributed by atoms with Gasteiger partial charge in [0, 0.05) is 5.02 Å². The van der Waals surface area contributed by atoms with E-state index >= 15 is 0 Å². The Morgan fingerprint density at radius 1 is 1.50 bits per heavy atom. The van der Waals surface area contributed by atoms with Gasteiger partial charge < -0.3 is 0 Å². The highest BCUT2D eigenvalue weighted by Gasteiger charge is 1.96. The molecule has 0 aliphatic heterocycles. The molecule has 1 aromatic carbocycles. The van der Waals surface area contributed by atoms with Crippen LogP contribution in [0.2, 0.25) is 5.02 Å². The van der Waals surface area contributed by atoms with Crippen molar-refractivity contribution in [2.24, 2.45) is 0 Å². The molecule has 0 spiro atoms. The smallest absolute Gasteiger partial charge is 0.212 e. The van der Waals surface area contributed by atoms with Gasteiger partial charge in [0.05, 0.1) is 0 Å². The summed E-state index contributed by atoms with van der Waals surface area (Å²) in [6.07, 6.45) is 3.29. The predicted octanol–water partition coefficient (Wildman–Crippen LogP) is 3.63. The van der Waals surface area contributed by atoms with Crippen molar-refractivity contribution in [3.05, 3.63) is 40.9 Å². The maximum absolute atomic E-state index is 11.2. The fourth-order valence-corrected chi connectivity index (χ4v) is 1.61. The zero-order valence-electron chi connectivity index (χ0n) is 7.87. The number of benzene rings is 1. The van der Waals surface area contributed by atoms with Gasteiger partial charge in [0.2, 0.25) is 5.12 Å². The Morgan fingerprint density at radius 2 is 2.21 bits per heavy atom. The molecular weight excluding hydrogens is 216 g/mol. The summed E-state index contributed by atoms with van der Waals surface area (Å²) in [6, 6.07) is 7.44. The first-order valence-corrected chi connectivity index (χ1v) is 5.69. The van der Waals surface area contributed by atoms with E-state index in [2.05, 4.69) is 0 Å². The van der Waals surface area contributed by atoms with Gasteiger partial charge in [-0.2, -0.15) is 0 Å². The zero-order valence-corrected chi connectivity index (χ0v) is 9.44. The van der Waals surface area contributed by atoms with Gasteiger partial charge in [-0.3, -0.25) is 4.79 Å². The van der Waals surface area contributed by atoms with E-state index in [9.17, 15) is 4.79 Å². The summed E-state index contributed by atoms with van der Waals surface area (Å²) >= 11 is 7.20. The molecule has 1 rings (SSSR count). The number of halogens is 1. The molecule has 0 amide bonds. The van der Waals surface area contributed by atoms with E-state index in [1.54, 1.807) is 18.2 Å². The van der Waals surface area contributed by atoms with E-state index in [0.29, 0.717) is 5.02 Å². The van der Waals surface area contributed by atoms with E-state index in [4.69, 9.17) is 11.6 Å². The van der Waals surface area contributed by atoms with Crippen LogP contribution < -0.4 is 0 Å². The first-order chi connectivity index (χ1) is 6.74. The Kier molecular flexibility index (Phi) is 4.77. The highest BCUT2D eigenvalue weighted by atomic mass is 35.5. The van der Waals surface area contributed by atoms with Crippen molar-refractivity contribution in [2.45, 2.75) is 6.92 Å². The molecule has 3 heteroatoms. The fraction of sp³-hybridized carbons (Fsp3) is 0.182. The molecule has 0 atom stereocenters. The van der Waals surface area contributed by atoms with Crippen LogP contribution in [-0.4, -0.2) is 10.9 Å². The summed E-state index contributed by atoms with van der Waals surface area (Å²) in [5.41, 5.74) is 0.874. The van der Waals surface area contributed by atoms with Crippen LogP contribution in [0.15, 0.2) is 30.3 Å². The van der Waals surface area contributed by atoms with Crippen LogP contribution in [-0.2, 0) is 4.79 Å². The molecule has 1 nitrogen and oxygen atoms in total. The van der Waals surface area contributed by atoms with Gasteiger partial charge >= 0.3 is 0 Å². The maximum atomic E-state index is 11.2. The first-order valence-electron chi connectivity index (χ1n) is 4.33. The minimum Gasteiger partial charge on any atom is -0.282 e. The molecule has 0 aromatic heterocycles. The second-order valence-electron chi connectivity index (χ2n) is 2.61. The molecular formula is C11H11ClOS. The van der Waals surface area contributed by atoms with Gasteiger partial charge in [-0.1, -0.05) is 48.5 Å². The summed E-state index contributed by atoms with van der Waals surface area (Å²) in [6.45, 7) is 1.95. The van der Waals surface area contributed by atoms with Crippen LogP contribution in [0.4, 0.5) is 0 Å². The van der Waals surface area contributed by atoms with Gasteiger partial charge in [-0.05, 0) is 29.5 Å². The molecule has 14 heavy (non-hydrogen) atoms. The number of hydrogen-bond acceptors (Lipinski definition) is 2. The second kappa shape index (κ2) is 5.89. The first kappa shape index (κ1) is 11.3. The Morgan fingerprint density at radius 3 is 2.86 bits per heavy atom. The lowest BCUT2D eigenvalue weighted by molar-refractivity contribution is -0.106. The molecule has 1 aromatic rings. The minimum absolute atomic E-state index is 0.0624. The van der Waals surface area contributed by atoms with Crippen molar-refractivity contribution in [1.82, 2.24) is 0 Å². The molecule has 0 bridgehead atoms. The van der Waals surface area contributed by atoms with Crippen LogP contribution in [0.3, 0.4) is 0 Å². The van der Waals surface area contributed by atoms with Crippen molar-refractivity contribution in [3.63, 3.8) is 0 Å². The second-order valence-corrected chi connectivity index (χ2v) is 4.28. The fourth-order valence-electron chi connectivity index (χ4n) is 0.958. The molecule has 0 saturated heterocycles. The number of carbonyl (C=O) groups is 1. The van der Waals surface area contributed by atoms with Crippen molar-refractivity contribution in [1.29, 1.82) is 0 Å². The Labute approximate surface area is 93.2 Å². The lowest BCUT2D eigenvalue weighted by atomic mass is 10.2. The Hall–Kier alpha value is -0.730. The van der Waals surface area contributed by atoms with Crippen LogP contribution in [0.1, 0.15) is 12.5 Å². The molecule has 0 unspecified atom stereocenters. The number of rotatable bonds is 3. The van der Waals surface area contributed by atoms with E-state index in [1.807, 2.05) is 25.1 Å². The highest BCUT2D eigenvalue weighted by Crippen LogP contribution is 2.16. The summed E-state index contributed by atoms with van der Waals surface area (Å²) in [4.78, 5) is 11.2. The van der Waals surface area contributed by atoms with Gasteiger partial charge in [-0.25, -0.2) is 0 Å². The van der Waals surface area contributed by atoms with Gasteiger partial charge in [0.15, 0.2) is 0 Å². The lowest BCUT2D eigenvalue weighted by Crippen LogP contribution is -1.84. The SMILES string of the molecule is CCSC(=O)/C=C/c1ccccc1Cl. The third kappa shape index (κ3) is 3.56. The summed E-state index contributed by atoms with van der Waals surface area (Å²) in [7, 11) is 0. The molecule has 0 fully saturated rings. The number of carbonyl (C=O) groups excluding carboxylic acids is 1. The standard InChI is InChI=1S/C11H11ClOS/c1-2-14-11(13)8-7-9-5-3-4-6-10(9)12/h3-8H,2H2,1H3/b8-7+. The lowest BCUT2D eigenvalue weighted by Gasteiger charge is -1.95. The van der Waals surface area contributed by atoms with Crippen LogP contribution in [0.25, 0.3) is 6.08 Å². The molecule has 0 aliphatic carbocycles. The molecule has 74 valence electrons. The van der Waals surface area contributed by atoms with E-state index < -0.39 is 0 Å². The normalized spacial score (nSPS) is 10.7. The van der Waals surface area contributed by atoms with Gasteiger partial charge in [-0.15, -0.1) is 0 Å². The van der Waals surface area contributed by atoms with Crippen LogP contribution in [0.5, 0.6) is 0 Å². The summed E-state index contributed by atoms with van der Waals surface area (Å²) < 4.78 is 0. The van der Waals surface area contributed by atoms with Crippen molar-refractivity contribution in [2.75, 3.05) is 5.75 Å². The van der Waals surface area contributed by atoms with E-state index in [-0.39, 0.29) is 5.12 Å². The number of hydrogen-bond donors (Lipinski definition) is 0. The van der Waals surface area contributed by atoms with Crippen LogP contribution in [0, 0.1) is 0 Å². The molecule has 0 saturated carbocycles. The molecule has 0 radical (unpaired) electrons. The average Bonchev–Trinajstić information content (AvgIpc) is 2.17. The molecule has 0 N–H and O–H groups in total. The molecule has 0 aliphatic rings. The number of thioether (sulfide) groups is 1. The largest absolute Gasteiger partial charge is 0.282 e. The summed E-state index contributed by atoms with van der Waals surface area (Å²) in [5.74, 6) is 0.797. The van der Waals surface area contributed by atoms with Gasteiger partial charge in [0.1, 0.15) is 0 Å². The zero-order chi connectivity index (χ0) is 10.4. The average molecular weight is 227 g/mol. The highest BCUT2D eigenvalue weighted by molar-refractivity contribution is 8.14. The van der Waals surface area contributed by atoms with Crippen LogP contribution >= 0.6 is 23.4 Å². The Bertz CT molecular complexity index is 347. The topological polar surface area (TPSA) is 17.1 Å². The van der Waals surface area contributed by atoms with Crippen molar-refractivity contribution in [3.8, 4) is 0 Å². The van der Waals surface area contributed by atoms with Crippen molar-refractivity contribution < 1.29 is 4.79 Å².